The fourth-order valence-corrected chi connectivity index (χ4v) is 2.92. The Bertz CT molecular complexity index is 412. The summed E-state index contributed by atoms with van der Waals surface area (Å²) >= 11 is 0. The van der Waals surface area contributed by atoms with E-state index in [1.807, 2.05) is 0 Å². The zero-order valence-corrected chi connectivity index (χ0v) is 13.5. The predicted molar refractivity (Wildman–Crippen MR) is 88.3 cm³/mol. The van der Waals surface area contributed by atoms with Crippen LogP contribution in [0.25, 0.3) is 0 Å². The molecule has 0 amide bonds. The van der Waals surface area contributed by atoms with E-state index in [0.29, 0.717) is 19.3 Å². The zero-order valence-electron chi connectivity index (χ0n) is 13.5. The van der Waals surface area contributed by atoms with E-state index < -0.39 is 0 Å². The van der Waals surface area contributed by atoms with Crippen LogP contribution in [0.4, 0.5) is 5.69 Å². The third-order valence-corrected chi connectivity index (χ3v) is 4.15. The highest BCUT2D eigenvalue weighted by Crippen LogP contribution is 2.29. The maximum absolute atomic E-state index is 5.87. The molecule has 3 nitrogen and oxygen atoms in total. The average molecular weight is 291 g/mol. The molecule has 0 atom stereocenters. The Labute approximate surface area is 129 Å². The van der Waals surface area contributed by atoms with E-state index >= 15 is 0 Å². The Morgan fingerprint density at radius 3 is 2.48 bits per heavy atom. The van der Waals surface area contributed by atoms with E-state index in [1.165, 1.54) is 50.5 Å². The molecule has 0 unspecified atom stereocenters. The van der Waals surface area contributed by atoms with Crippen molar-refractivity contribution < 1.29 is 9.47 Å². The van der Waals surface area contributed by atoms with Crippen molar-refractivity contribution in [3.63, 3.8) is 0 Å². The number of ether oxygens (including phenoxy) is 2. The Morgan fingerprint density at radius 1 is 1.05 bits per heavy atom. The molecule has 1 fully saturated rings. The fourth-order valence-electron chi connectivity index (χ4n) is 2.92. The van der Waals surface area contributed by atoms with Gasteiger partial charge in [0.2, 0.25) is 0 Å². The van der Waals surface area contributed by atoms with Gasteiger partial charge in [0.15, 0.2) is 0 Å². The van der Waals surface area contributed by atoms with Crippen LogP contribution >= 0.6 is 0 Å². The van der Waals surface area contributed by atoms with E-state index in [0.717, 1.165) is 11.4 Å². The van der Waals surface area contributed by atoms with Gasteiger partial charge in [-0.3, -0.25) is 0 Å². The van der Waals surface area contributed by atoms with Gasteiger partial charge in [-0.05, 0) is 37.5 Å². The number of rotatable bonds is 6. The lowest BCUT2D eigenvalue weighted by atomic mass is 9.96. The Morgan fingerprint density at radius 2 is 1.76 bits per heavy atom. The molecular weight excluding hydrogens is 262 g/mol. The second-order valence-corrected chi connectivity index (χ2v) is 6.03. The molecule has 2 rings (SSSR count). The van der Waals surface area contributed by atoms with E-state index in [1.54, 1.807) is 7.11 Å². The summed E-state index contributed by atoms with van der Waals surface area (Å²) in [4.78, 5) is 0. The van der Waals surface area contributed by atoms with Crippen LogP contribution in [0.5, 0.6) is 5.75 Å². The number of benzene rings is 1. The van der Waals surface area contributed by atoms with E-state index in [2.05, 4.69) is 30.4 Å². The predicted octanol–water partition coefficient (Wildman–Crippen LogP) is 4.55. The summed E-state index contributed by atoms with van der Waals surface area (Å²) < 4.78 is 10.9. The minimum absolute atomic E-state index is 0.581. The first-order valence-electron chi connectivity index (χ1n) is 8.28. The largest absolute Gasteiger partial charge is 0.489 e. The van der Waals surface area contributed by atoms with Gasteiger partial charge in [-0.1, -0.05) is 38.2 Å². The lowest BCUT2D eigenvalue weighted by Gasteiger charge is -2.23. The summed E-state index contributed by atoms with van der Waals surface area (Å²) in [6.07, 6.45) is 9.37. The van der Waals surface area contributed by atoms with Crippen molar-refractivity contribution in [1.82, 2.24) is 0 Å². The highest BCUT2D eigenvalue weighted by Gasteiger charge is 2.13. The molecule has 0 radical (unpaired) electrons. The van der Waals surface area contributed by atoms with Crippen LogP contribution < -0.4 is 10.1 Å². The first-order chi connectivity index (χ1) is 10.3. The molecule has 1 saturated carbocycles. The summed E-state index contributed by atoms with van der Waals surface area (Å²) in [5.41, 5.74) is 2.35. The molecule has 21 heavy (non-hydrogen) atoms. The Balaban J connectivity index is 1.99. The summed E-state index contributed by atoms with van der Waals surface area (Å²) in [6.45, 7) is 3.32. The monoisotopic (exact) mass is 291 g/mol. The summed E-state index contributed by atoms with van der Waals surface area (Å²) in [6, 6.07) is 6.99. The van der Waals surface area contributed by atoms with Gasteiger partial charge in [0, 0.05) is 13.2 Å². The normalized spacial score (nSPS) is 17.0. The van der Waals surface area contributed by atoms with E-state index in [9.17, 15) is 0 Å². The molecule has 0 bridgehead atoms. The minimum atomic E-state index is 0.581. The SMILES string of the molecule is COCCOc1cc(C)ccc1NC1CCCCCCC1. The van der Waals surface area contributed by atoms with Crippen LogP contribution in [-0.4, -0.2) is 26.4 Å². The lowest BCUT2D eigenvalue weighted by molar-refractivity contribution is 0.146. The summed E-state index contributed by atoms with van der Waals surface area (Å²) in [7, 11) is 1.70. The van der Waals surface area contributed by atoms with Gasteiger partial charge in [0.1, 0.15) is 12.4 Å². The molecule has 0 saturated heterocycles. The van der Waals surface area contributed by atoms with Crippen LogP contribution in [0, 0.1) is 6.92 Å². The first kappa shape index (κ1) is 16.2. The maximum atomic E-state index is 5.87. The quantitative estimate of drug-likeness (QED) is 0.780. The van der Waals surface area contributed by atoms with Crippen LogP contribution in [0.15, 0.2) is 18.2 Å². The van der Waals surface area contributed by atoms with Crippen molar-refractivity contribution in [1.29, 1.82) is 0 Å². The van der Waals surface area contributed by atoms with Crippen LogP contribution in [0.1, 0.15) is 50.5 Å². The minimum Gasteiger partial charge on any atom is -0.489 e. The molecule has 1 aliphatic carbocycles. The standard InChI is InChI=1S/C18H29NO2/c1-15-10-11-17(18(14-15)21-13-12-20-2)19-16-8-6-4-3-5-7-9-16/h10-11,14,16,19H,3-9,12-13H2,1-2H3. The van der Waals surface area contributed by atoms with E-state index in [-0.39, 0.29) is 0 Å². The fraction of sp³-hybridized carbons (Fsp3) is 0.667. The van der Waals surface area contributed by atoms with Crippen molar-refractivity contribution >= 4 is 5.69 Å². The number of methoxy groups -OCH3 is 1. The molecule has 118 valence electrons. The van der Waals surface area contributed by atoms with Gasteiger partial charge >= 0.3 is 0 Å². The molecule has 0 heterocycles. The van der Waals surface area contributed by atoms with Crippen molar-refractivity contribution in [2.75, 3.05) is 25.6 Å². The van der Waals surface area contributed by atoms with E-state index in [4.69, 9.17) is 9.47 Å². The van der Waals surface area contributed by atoms with Crippen molar-refractivity contribution in [3.8, 4) is 5.75 Å². The molecule has 1 N–H and O–H groups in total. The molecular formula is C18H29NO2. The van der Waals surface area contributed by atoms with Crippen LogP contribution in [0.3, 0.4) is 0 Å². The lowest BCUT2D eigenvalue weighted by Crippen LogP contribution is -2.21. The smallest absolute Gasteiger partial charge is 0.142 e. The number of nitrogens with one attached hydrogen (secondary N) is 1. The molecule has 3 heteroatoms. The van der Waals surface area contributed by atoms with Crippen LogP contribution in [0.2, 0.25) is 0 Å². The van der Waals surface area contributed by atoms with Crippen molar-refractivity contribution in [3.05, 3.63) is 23.8 Å². The Kier molecular flexibility index (Phi) is 6.87. The highest BCUT2D eigenvalue weighted by atomic mass is 16.5. The van der Waals surface area contributed by atoms with Gasteiger partial charge in [-0.2, -0.15) is 0 Å². The third-order valence-electron chi connectivity index (χ3n) is 4.15. The summed E-state index contributed by atoms with van der Waals surface area (Å²) in [5.74, 6) is 0.953. The molecule has 1 aromatic carbocycles. The number of hydrogen-bond acceptors (Lipinski definition) is 3. The van der Waals surface area contributed by atoms with Gasteiger partial charge in [-0.25, -0.2) is 0 Å². The van der Waals surface area contributed by atoms with Gasteiger partial charge in [0.05, 0.1) is 12.3 Å². The molecule has 1 aromatic rings. The second kappa shape index (κ2) is 8.93. The van der Waals surface area contributed by atoms with Crippen LogP contribution in [-0.2, 0) is 4.74 Å². The van der Waals surface area contributed by atoms with Gasteiger partial charge in [0.25, 0.3) is 0 Å². The van der Waals surface area contributed by atoms with Gasteiger partial charge < -0.3 is 14.8 Å². The molecule has 0 spiro atoms. The average Bonchev–Trinajstić information content (AvgIpc) is 2.44. The summed E-state index contributed by atoms with van der Waals surface area (Å²) in [5, 5.41) is 3.71. The number of aryl methyl sites for hydroxylation is 1. The Hall–Kier alpha value is -1.22. The molecule has 0 aromatic heterocycles. The van der Waals surface area contributed by atoms with Gasteiger partial charge in [-0.15, -0.1) is 0 Å². The first-order valence-corrected chi connectivity index (χ1v) is 8.28. The topological polar surface area (TPSA) is 30.5 Å². The van der Waals surface area contributed by atoms with Crippen molar-refractivity contribution in [2.45, 2.75) is 57.9 Å². The highest BCUT2D eigenvalue weighted by molar-refractivity contribution is 5.58. The third kappa shape index (κ3) is 5.58. The number of anilines is 1. The second-order valence-electron chi connectivity index (χ2n) is 6.03. The zero-order chi connectivity index (χ0) is 14.9. The molecule has 0 aliphatic heterocycles. The molecule has 1 aliphatic rings. The van der Waals surface area contributed by atoms with Crippen molar-refractivity contribution in [2.24, 2.45) is 0 Å². The maximum Gasteiger partial charge on any atom is 0.142 e. The number of hydrogen-bond donors (Lipinski definition) is 1.